The summed E-state index contributed by atoms with van der Waals surface area (Å²) < 4.78 is 15.6. The minimum Gasteiger partial charge on any atom is -0.469 e. The van der Waals surface area contributed by atoms with E-state index < -0.39 is 0 Å². The molecule has 0 aromatic rings. The Bertz CT molecular complexity index is 239. The quantitative estimate of drug-likeness (QED) is 0.401. The average Bonchev–Trinajstić information content (AvgIpc) is 2.71. The second-order valence-electron chi connectivity index (χ2n) is 3.57. The minimum atomic E-state index is -0.156. The van der Waals surface area contributed by atoms with Gasteiger partial charge in [-0.2, -0.15) is 0 Å². The van der Waals surface area contributed by atoms with Crippen LogP contribution in [0.5, 0.6) is 0 Å². The third kappa shape index (κ3) is 0.671. The van der Waals surface area contributed by atoms with Gasteiger partial charge in [0.1, 0.15) is 18.3 Å². The first kappa shape index (κ1) is 6.86. The molecule has 0 radical (unpaired) electrons. The highest BCUT2D eigenvalue weighted by atomic mass is 16.7. The van der Waals surface area contributed by atoms with Crippen LogP contribution in [0.15, 0.2) is 0 Å². The van der Waals surface area contributed by atoms with Gasteiger partial charge in [-0.15, -0.1) is 0 Å². The van der Waals surface area contributed by atoms with E-state index in [0.717, 1.165) is 6.42 Å². The molecule has 0 aromatic heterocycles. The molecule has 3 saturated heterocycles. The van der Waals surface area contributed by atoms with Gasteiger partial charge in [0.05, 0.1) is 19.1 Å². The van der Waals surface area contributed by atoms with E-state index in [1.807, 2.05) is 0 Å². The molecule has 0 spiro atoms. The molecule has 4 nitrogen and oxygen atoms in total. The molecule has 3 rings (SSSR count). The molecule has 0 saturated carbocycles. The Hall–Kier alpha value is -0.610. The summed E-state index contributed by atoms with van der Waals surface area (Å²) >= 11 is 0. The van der Waals surface area contributed by atoms with Crippen molar-refractivity contribution in [2.75, 3.05) is 7.11 Å². The zero-order chi connectivity index (χ0) is 8.29. The Labute approximate surface area is 69.8 Å². The highest BCUT2D eigenvalue weighted by Gasteiger charge is 2.66. The maximum atomic E-state index is 11.2. The van der Waals surface area contributed by atoms with E-state index in [0.29, 0.717) is 0 Å². The van der Waals surface area contributed by atoms with Crippen molar-refractivity contribution >= 4 is 5.97 Å². The summed E-state index contributed by atoms with van der Waals surface area (Å²) in [6.45, 7) is 0. The van der Waals surface area contributed by atoms with E-state index in [1.54, 1.807) is 0 Å². The number of epoxide rings is 1. The third-order valence-corrected chi connectivity index (χ3v) is 2.97. The minimum absolute atomic E-state index is 0.0209. The predicted octanol–water partition coefficient (Wildman–Crippen LogP) is -0.286. The zero-order valence-electron chi connectivity index (χ0n) is 6.73. The van der Waals surface area contributed by atoms with E-state index in [9.17, 15) is 4.79 Å². The van der Waals surface area contributed by atoms with Gasteiger partial charge in [-0.05, 0) is 6.42 Å². The van der Waals surface area contributed by atoms with Gasteiger partial charge in [0.2, 0.25) is 0 Å². The van der Waals surface area contributed by atoms with E-state index in [1.165, 1.54) is 7.11 Å². The maximum Gasteiger partial charge on any atom is 0.311 e. The molecule has 5 unspecified atom stereocenters. The molecule has 3 aliphatic rings. The lowest BCUT2D eigenvalue weighted by Gasteiger charge is -2.13. The molecule has 3 heterocycles. The number of ether oxygens (including phenoxy) is 3. The molecule has 2 bridgehead atoms. The molecule has 0 aromatic carbocycles. The van der Waals surface area contributed by atoms with Crippen molar-refractivity contribution in [1.29, 1.82) is 0 Å². The van der Waals surface area contributed by atoms with Crippen molar-refractivity contribution in [3.63, 3.8) is 0 Å². The first-order chi connectivity index (χ1) is 5.81. The molecule has 66 valence electrons. The number of esters is 1. The van der Waals surface area contributed by atoms with Crippen molar-refractivity contribution < 1.29 is 19.0 Å². The number of carbonyl (C=O) groups excluding carboxylic acids is 1. The number of methoxy groups -OCH3 is 1. The normalized spacial score (nSPS) is 53.6. The van der Waals surface area contributed by atoms with Gasteiger partial charge in [-0.1, -0.05) is 0 Å². The van der Waals surface area contributed by atoms with Crippen molar-refractivity contribution in [2.45, 2.75) is 30.8 Å². The maximum absolute atomic E-state index is 11.2. The van der Waals surface area contributed by atoms with Crippen molar-refractivity contribution in [3.8, 4) is 0 Å². The van der Waals surface area contributed by atoms with Crippen molar-refractivity contribution in [1.82, 2.24) is 0 Å². The van der Waals surface area contributed by atoms with Crippen LogP contribution in [0, 0.1) is 5.92 Å². The van der Waals surface area contributed by atoms with Crippen LogP contribution in [-0.2, 0) is 19.0 Å². The van der Waals surface area contributed by atoms with Crippen LogP contribution in [0.2, 0.25) is 0 Å². The summed E-state index contributed by atoms with van der Waals surface area (Å²) in [5.74, 6) is -0.236. The second kappa shape index (κ2) is 2.00. The van der Waals surface area contributed by atoms with Crippen LogP contribution in [-0.4, -0.2) is 37.5 Å². The fourth-order valence-corrected chi connectivity index (χ4v) is 2.34. The summed E-state index contributed by atoms with van der Waals surface area (Å²) in [4.78, 5) is 11.2. The Morgan fingerprint density at radius 1 is 1.33 bits per heavy atom. The monoisotopic (exact) mass is 170 g/mol. The van der Waals surface area contributed by atoms with E-state index in [2.05, 4.69) is 4.74 Å². The lowest BCUT2D eigenvalue weighted by molar-refractivity contribution is -0.147. The van der Waals surface area contributed by atoms with Gasteiger partial charge in [-0.3, -0.25) is 4.79 Å². The number of hydrogen-bond donors (Lipinski definition) is 0. The Balaban J connectivity index is 1.80. The molecule has 0 N–H and O–H groups in total. The van der Waals surface area contributed by atoms with Crippen LogP contribution in [0.3, 0.4) is 0 Å². The fourth-order valence-electron chi connectivity index (χ4n) is 2.34. The van der Waals surface area contributed by atoms with Crippen LogP contribution in [0.4, 0.5) is 0 Å². The number of carbonyl (C=O) groups is 1. The van der Waals surface area contributed by atoms with Gasteiger partial charge in [-0.25, -0.2) is 0 Å². The Morgan fingerprint density at radius 2 is 2.17 bits per heavy atom. The van der Waals surface area contributed by atoms with E-state index in [4.69, 9.17) is 9.47 Å². The number of rotatable bonds is 1. The van der Waals surface area contributed by atoms with Crippen molar-refractivity contribution in [2.24, 2.45) is 5.92 Å². The van der Waals surface area contributed by atoms with Gasteiger partial charge in [0.25, 0.3) is 0 Å². The van der Waals surface area contributed by atoms with E-state index >= 15 is 0 Å². The second-order valence-corrected chi connectivity index (χ2v) is 3.57. The first-order valence-electron chi connectivity index (χ1n) is 4.20. The highest BCUT2D eigenvalue weighted by molar-refractivity contribution is 5.74. The molecule has 3 fully saturated rings. The SMILES string of the molecule is COC(=O)C1CC2OC1C1OC21. The smallest absolute Gasteiger partial charge is 0.311 e. The van der Waals surface area contributed by atoms with Gasteiger partial charge >= 0.3 is 5.97 Å². The van der Waals surface area contributed by atoms with E-state index in [-0.39, 0.29) is 36.3 Å². The molecule has 5 atom stereocenters. The molecule has 0 amide bonds. The van der Waals surface area contributed by atoms with Crippen molar-refractivity contribution in [3.05, 3.63) is 0 Å². The molecular formula is C8H10O4. The standard InChI is InChI=1S/C8H10O4/c1-10-8(9)3-2-4-6-7(12-6)5(3)11-4/h3-7H,2H2,1H3. The summed E-state index contributed by atoms with van der Waals surface area (Å²) in [6, 6.07) is 0. The van der Waals surface area contributed by atoms with Gasteiger partial charge < -0.3 is 14.2 Å². The largest absolute Gasteiger partial charge is 0.469 e. The summed E-state index contributed by atoms with van der Waals surface area (Å²) in [5.41, 5.74) is 0. The average molecular weight is 170 g/mol. The lowest BCUT2D eigenvalue weighted by atomic mass is 9.89. The fraction of sp³-hybridized carbons (Fsp3) is 0.875. The van der Waals surface area contributed by atoms with Crippen LogP contribution in [0.1, 0.15) is 6.42 Å². The molecule has 3 aliphatic heterocycles. The number of fused-ring (bicyclic) bond motifs is 5. The zero-order valence-corrected chi connectivity index (χ0v) is 6.73. The van der Waals surface area contributed by atoms with Crippen LogP contribution < -0.4 is 0 Å². The predicted molar refractivity (Wildman–Crippen MR) is 37.4 cm³/mol. The molecule has 0 aliphatic carbocycles. The summed E-state index contributed by atoms with van der Waals surface area (Å²) in [7, 11) is 1.42. The molecule has 12 heavy (non-hydrogen) atoms. The Kier molecular flexibility index (Phi) is 1.14. The summed E-state index contributed by atoms with van der Waals surface area (Å²) in [6.07, 6.45) is 1.39. The first-order valence-corrected chi connectivity index (χ1v) is 4.20. The van der Waals surface area contributed by atoms with Crippen LogP contribution >= 0.6 is 0 Å². The van der Waals surface area contributed by atoms with Crippen LogP contribution in [0.25, 0.3) is 0 Å². The molecular weight excluding hydrogens is 160 g/mol. The highest BCUT2D eigenvalue weighted by Crippen LogP contribution is 2.51. The third-order valence-electron chi connectivity index (χ3n) is 2.97. The number of hydrogen-bond acceptors (Lipinski definition) is 4. The van der Waals surface area contributed by atoms with Gasteiger partial charge in [0.15, 0.2) is 0 Å². The van der Waals surface area contributed by atoms with Gasteiger partial charge in [0, 0.05) is 0 Å². The molecule has 4 heteroatoms. The Morgan fingerprint density at radius 3 is 2.75 bits per heavy atom. The lowest BCUT2D eigenvalue weighted by Crippen LogP contribution is -2.31. The summed E-state index contributed by atoms with van der Waals surface area (Å²) in [5, 5.41) is 0. The topological polar surface area (TPSA) is 48.1 Å².